The van der Waals surface area contributed by atoms with Gasteiger partial charge in [-0.15, -0.1) is 6.42 Å². The Balaban J connectivity index is 1.72. The highest BCUT2D eigenvalue weighted by Gasteiger charge is 2.68. The average molecular weight is 334 g/mol. The molecule has 1 aromatic rings. The van der Waals surface area contributed by atoms with Gasteiger partial charge in [0, 0.05) is 31.1 Å². The number of fused-ring (bicyclic) bond motifs is 1. The molecule has 1 aliphatic carbocycles. The lowest BCUT2D eigenvalue weighted by Crippen LogP contribution is -2.29. The zero-order valence-corrected chi connectivity index (χ0v) is 14.6. The van der Waals surface area contributed by atoms with Crippen molar-refractivity contribution in [1.29, 1.82) is 0 Å². The molecule has 2 heterocycles. The molecule has 6 heteroatoms. The Kier molecular flexibility index (Phi) is 3.89. The van der Waals surface area contributed by atoms with Crippen molar-refractivity contribution >= 4 is 15.9 Å². The number of anilines is 1. The van der Waals surface area contributed by atoms with Crippen molar-refractivity contribution < 1.29 is 12.6 Å². The molecule has 2 fully saturated rings. The second-order valence-corrected chi connectivity index (χ2v) is 8.25. The summed E-state index contributed by atoms with van der Waals surface area (Å²) in [5, 5.41) is 0. The quantitative estimate of drug-likeness (QED) is 0.605. The average Bonchev–Trinajstić information content (AvgIpc) is 2.90. The summed E-state index contributed by atoms with van der Waals surface area (Å²) in [4.78, 5) is 6.81. The minimum Gasteiger partial charge on any atom is -0.355 e. The smallest absolute Gasteiger partial charge is 0.264 e. The molecule has 1 aromatic heterocycles. The standard InChI is InChI=1S/C17H22N2O3S/c1-5-13-7-12(3)16(18-8-13)19-9-14-15(10-22-23(4,20)21)17(14,6-2)11-19/h2,7-8,14-15H,5,9-11H2,1,3-4H3. The van der Waals surface area contributed by atoms with Crippen LogP contribution in [0.25, 0.3) is 0 Å². The van der Waals surface area contributed by atoms with E-state index in [1.165, 1.54) is 5.56 Å². The molecule has 3 unspecified atom stereocenters. The maximum absolute atomic E-state index is 11.2. The highest BCUT2D eigenvalue weighted by Crippen LogP contribution is 2.63. The van der Waals surface area contributed by atoms with Gasteiger partial charge in [0.25, 0.3) is 10.1 Å². The van der Waals surface area contributed by atoms with Crippen LogP contribution in [0.3, 0.4) is 0 Å². The third-order valence-corrected chi connectivity index (χ3v) is 5.68. The van der Waals surface area contributed by atoms with Gasteiger partial charge in [-0.25, -0.2) is 4.98 Å². The van der Waals surface area contributed by atoms with E-state index in [1.807, 2.05) is 6.20 Å². The molecule has 0 bridgehead atoms. The van der Waals surface area contributed by atoms with Crippen LogP contribution < -0.4 is 4.90 Å². The van der Waals surface area contributed by atoms with Gasteiger partial charge in [-0.3, -0.25) is 4.18 Å². The van der Waals surface area contributed by atoms with Crippen LogP contribution >= 0.6 is 0 Å². The fraction of sp³-hybridized carbons (Fsp3) is 0.588. The van der Waals surface area contributed by atoms with E-state index in [9.17, 15) is 8.42 Å². The summed E-state index contributed by atoms with van der Waals surface area (Å²) >= 11 is 0. The maximum Gasteiger partial charge on any atom is 0.264 e. The van der Waals surface area contributed by atoms with Gasteiger partial charge < -0.3 is 4.90 Å². The van der Waals surface area contributed by atoms with Crippen molar-refractivity contribution in [3.8, 4) is 12.3 Å². The predicted molar refractivity (Wildman–Crippen MR) is 89.6 cm³/mol. The Hall–Kier alpha value is -1.58. The second-order valence-electron chi connectivity index (χ2n) is 6.60. The van der Waals surface area contributed by atoms with Crippen molar-refractivity contribution in [1.82, 2.24) is 4.98 Å². The summed E-state index contributed by atoms with van der Waals surface area (Å²) in [5.74, 6) is 4.27. The first-order valence-corrected chi connectivity index (χ1v) is 9.65. The fourth-order valence-corrected chi connectivity index (χ4v) is 4.17. The van der Waals surface area contributed by atoms with Gasteiger partial charge in [-0.1, -0.05) is 18.9 Å². The summed E-state index contributed by atoms with van der Waals surface area (Å²) < 4.78 is 27.3. The highest BCUT2D eigenvalue weighted by atomic mass is 32.2. The van der Waals surface area contributed by atoms with E-state index in [2.05, 4.69) is 35.7 Å². The molecule has 23 heavy (non-hydrogen) atoms. The first-order valence-electron chi connectivity index (χ1n) is 7.83. The molecule has 0 spiro atoms. The van der Waals surface area contributed by atoms with Crippen LogP contribution in [-0.4, -0.2) is 39.4 Å². The summed E-state index contributed by atoms with van der Waals surface area (Å²) in [6.45, 7) is 5.88. The molecule has 124 valence electrons. The molecule has 1 aliphatic heterocycles. The van der Waals surface area contributed by atoms with Gasteiger partial charge >= 0.3 is 0 Å². The maximum atomic E-state index is 11.2. The third-order valence-electron chi connectivity index (χ3n) is 5.11. The normalized spacial score (nSPS) is 29.2. The lowest BCUT2D eigenvalue weighted by molar-refractivity contribution is 0.283. The van der Waals surface area contributed by atoms with Gasteiger partial charge in [0.2, 0.25) is 0 Å². The summed E-state index contributed by atoms with van der Waals surface area (Å²) in [6, 6.07) is 2.17. The number of terminal acetylenes is 1. The van der Waals surface area contributed by atoms with Gasteiger partial charge in [0.15, 0.2) is 0 Å². The molecule has 1 saturated heterocycles. The first kappa shape index (κ1) is 16.3. The summed E-state index contributed by atoms with van der Waals surface area (Å²) in [5.41, 5.74) is 2.10. The minimum atomic E-state index is -3.42. The van der Waals surface area contributed by atoms with Gasteiger partial charge in [-0.2, -0.15) is 8.42 Å². The zero-order chi connectivity index (χ0) is 16.8. The van der Waals surface area contributed by atoms with Crippen LogP contribution in [0.15, 0.2) is 12.3 Å². The number of piperidine rings is 1. The lowest BCUT2D eigenvalue weighted by atomic mass is 10.1. The molecule has 3 rings (SSSR count). The SMILES string of the molecule is C#CC12CN(c3ncc(CC)cc3C)CC1C2COS(C)(=O)=O. The number of aryl methyl sites for hydroxylation is 2. The van der Waals surface area contributed by atoms with Crippen LogP contribution in [0.1, 0.15) is 18.1 Å². The van der Waals surface area contributed by atoms with Crippen LogP contribution in [0.4, 0.5) is 5.82 Å². The Morgan fingerprint density at radius 3 is 2.83 bits per heavy atom. The van der Waals surface area contributed by atoms with E-state index in [4.69, 9.17) is 10.6 Å². The second kappa shape index (κ2) is 5.50. The topological polar surface area (TPSA) is 59.5 Å². The van der Waals surface area contributed by atoms with E-state index in [0.29, 0.717) is 6.54 Å². The van der Waals surface area contributed by atoms with Gasteiger partial charge in [0.05, 0.1) is 18.3 Å². The van der Waals surface area contributed by atoms with Crippen molar-refractivity contribution in [2.75, 3.05) is 30.9 Å². The minimum absolute atomic E-state index is 0.119. The molecule has 3 atom stereocenters. The Morgan fingerprint density at radius 1 is 1.57 bits per heavy atom. The van der Waals surface area contributed by atoms with Crippen LogP contribution in [-0.2, 0) is 20.7 Å². The van der Waals surface area contributed by atoms with E-state index >= 15 is 0 Å². The van der Waals surface area contributed by atoms with E-state index < -0.39 is 10.1 Å². The molecule has 1 saturated carbocycles. The number of hydrogen-bond acceptors (Lipinski definition) is 5. The van der Waals surface area contributed by atoms with Gasteiger partial charge in [0.1, 0.15) is 5.82 Å². The largest absolute Gasteiger partial charge is 0.355 e. The van der Waals surface area contributed by atoms with Crippen molar-refractivity contribution in [2.24, 2.45) is 17.3 Å². The molecular formula is C17H22N2O3S. The Morgan fingerprint density at radius 2 is 2.30 bits per heavy atom. The van der Waals surface area contributed by atoms with E-state index in [-0.39, 0.29) is 23.9 Å². The lowest BCUT2D eigenvalue weighted by Gasteiger charge is -2.24. The number of hydrogen-bond donors (Lipinski definition) is 0. The molecule has 2 aliphatic rings. The van der Waals surface area contributed by atoms with Crippen LogP contribution in [0.2, 0.25) is 0 Å². The third kappa shape index (κ3) is 2.84. The van der Waals surface area contributed by atoms with Crippen LogP contribution in [0.5, 0.6) is 0 Å². The molecular weight excluding hydrogens is 312 g/mol. The van der Waals surface area contributed by atoms with E-state index in [1.54, 1.807) is 0 Å². The molecule has 0 amide bonds. The molecule has 0 aromatic carbocycles. The van der Waals surface area contributed by atoms with E-state index in [0.717, 1.165) is 30.6 Å². The first-order chi connectivity index (χ1) is 10.8. The molecule has 5 nitrogen and oxygen atoms in total. The number of rotatable bonds is 5. The van der Waals surface area contributed by atoms with Gasteiger partial charge in [-0.05, 0) is 24.5 Å². The molecule has 0 radical (unpaired) electrons. The van der Waals surface area contributed by atoms with Crippen molar-refractivity contribution in [3.05, 3.63) is 23.4 Å². The number of aromatic nitrogens is 1. The summed E-state index contributed by atoms with van der Waals surface area (Å²) in [6.07, 6.45) is 9.72. The van der Waals surface area contributed by atoms with Crippen LogP contribution in [0, 0.1) is 36.5 Å². The highest BCUT2D eigenvalue weighted by molar-refractivity contribution is 7.85. The zero-order valence-electron chi connectivity index (χ0n) is 13.7. The van der Waals surface area contributed by atoms with Crippen molar-refractivity contribution in [3.63, 3.8) is 0 Å². The summed E-state index contributed by atoms with van der Waals surface area (Å²) in [7, 11) is -3.42. The molecule has 0 N–H and O–H groups in total. The van der Waals surface area contributed by atoms with Crippen molar-refractivity contribution in [2.45, 2.75) is 20.3 Å². The predicted octanol–water partition coefficient (Wildman–Crippen LogP) is 1.61. The number of nitrogens with zero attached hydrogens (tertiary/aromatic N) is 2. The fourth-order valence-electron chi connectivity index (χ4n) is 3.78. The Bertz CT molecular complexity index is 769. The number of pyridine rings is 1. The Labute approximate surface area is 138 Å². The monoisotopic (exact) mass is 334 g/mol.